The van der Waals surface area contributed by atoms with Crippen molar-refractivity contribution in [3.63, 3.8) is 0 Å². The molecule has 0 spiro atoms. The number of nitrogens with zero attached hydrogens (tertiary/aromatic N) is 2. The third-order valence-corrected chi connectivity index (χ3v) is 7.01. The highest BCUT2D eigenvalue weighted by Crippen LogP contribution is 2.38. The predicted molar refractivity (Wildman–Crippen MR) is 154 cm³/mol. The molecule has 38 heavy (non-hydrogen) atoms. The summed E-state index contributed by atoms with van der Waals surface area (Å²) in [5.74, 6) is 2.44. The van der Waals surface area contributed by atoms with Gasteiger partial charge in [-0.3, -0.25) is 4.79 Å². The molecule has 0 saturated heterocycles. The molecule has 1 amide bonds. The van der Waals surface area contributed by atoms with Gasteiger partial charge in [-0.05, 0) is 43.5 Å². The molecule has 208 valence electrons. The molecule has 0 aliphatic carbocycles. The Kier molecular flexibility index (Phi) is 12.3. The Labute approximate surface area is 227 Å². The van der Waals surface area contributed by atoms with E-state index in [9.17, 15) is 4.79 Å². The third-order valence-electron chi connectivity index (χ3n) is 7.01. The summed E-state index contributed by atoms with van der Waals surface area (Å²) in [6.07, 6.45) is 13.1. The molecular weight excluding hydrogens is 478 g/mol. The predicted octanol–water partition coefficient (Wildman–Crippen LogP) is 6.96. The molecule has 1 aromatic heterocycles. The summed E-state index contributed by atoms with van der Waals surface area (Å²) in [6.45, 7) is 3.91. The van der Waals surface area contributed by atoms with Gasteiger partial charge in [-0.25, -0.2) is 4.98 Å². The van der Waals surface area contributed by atoms with Crippen LogP contribution in [0.2, 0.25) is 0 Å². The number of hydrogen-bond acceptors (Lipinski definition) is 5. The number of hydrogen-bond donors (Lipinski definition) is 1. The number of imidazole rings is 1. The average Bonchev–Trinajstić information content (AvgIpc) is 3.30. The van der Waals surface area contributed by atoms with Gasteiger partial charge in [0.15, 0.2) is 11.5 Å². The van der Waals surface area contributed by atoms with Crippen LogP contribution in [-0.2, 0) is 13.0 Å². The van der Waals surface area contributed by atoms with Gasteiger partial charge in [0.05, 0.1) is 32.4 Å². The van der Waals surface area contributed by atoms with E-state index in [1.54, 1.807) is 33.5 Å². The Morgan fingerprint density at radius 2 is 1.50 bits per heavy atom. The normalized spacial score (nSPS) is 11.1. The minimum Gasteiger partial charge on any atom is -0.493 e. The van der Waals surface area contributed by atoms with E-state index in [2.05, 4.69) is 41.1 Å². The Bertz CT molecular complexity index is 1120. The highest BCUT2D eigenvalue weighted by atomic mass is 16.5. The zero-order valence-electron chi connectivity index (χ0n) is 23.7. The maximum Gasteiger partial charge on any atom is 0.251 e. The molecule has 0 saturated carbocycles. The molecule has 0 atom stereocenters. The van der Waals surface area contributed by atoms with E-state index in [-0.39, 0.29) is 5.91 Å². The lowest BCUT2D eigenvalue weighted by Crippen LogP contribution is -2.24. The molecular formula is C31H45N3O4. The second-order valence-electron chi connectivity index (χ2n) is 9.77. The van der Waals surface area contributed by atoms with Crippen LogP contribution >= 0.6 is 0 Å². The number of carbonyl (C=O) groups excluding carboxylic acids is 1. The quantitative estimate of drug-likeness (QED) is 0.183. The van der Waals surface area contributed by atoms with E-state index >= 15 is 0 Å². The van der Waals surface area contributed by atoms with Crippen molar-refractivity contribution in [1.29, 1.82) is 0 Å². The van der Waals surface area contributed by atoms with Crippen molar-refractivity contribution < 1.29 is 19.0 Å². The van der Waals surface area contributed by atoms with Gasteiger partial charge >= 0.3 is 0 Å². The zero-order chi connectivity index (χ0) is 27.2. The lowest BCUT2D eigenvalue weighted by Gasteiger charge is -2.14. The molecule has 0 bridgehead atoms. The first kappa shape index (κ1) is 29.3. The molecule has 3 aromatic rings. The van der Waals surface area contributed by atoms with Crippen LogP contribution in [0.4, 0.5) is 0 Å². The lowest BCUT2D eigenvalue weighted by atomic mass is 10.1. The first-order valence-electron chi connectivity index (χ1n) is 14.1. The molecule has 1 heterocycles. The molecule has 7 heteroatoms. The fourth-order valence-corrected chi connectivity index (χ4v) is 4.89. The Hall–Kier alpha value is -3.22. The second-order valence-corrected chi connectivity index (χ2v) is 9.77. The van der Waals surface area contributed by atoms with Gasteiger partial charge in [0.2, 0.25) is 5.75 Å². The third kappa shape index (κ3) is 8.14. The van der Waals surface area contributed by atoms with Gasteiger partial charge in [-0.2, -0.15) is 0 Å². The lowest BCUT2D eigenvalue weighted by molar-refractivity contribution is 0.0952. The van der Waals surface area contributed by atoms with Crippen LogP contribution in [0.25, 0.3) is 11.0 Å². The van der Waals surface area contributed by atoms with Crippen molar-refractivity contribution in [1.82, 2.24) is 14.9 Å². The number of methoxy groups -OCH3 is 3. The first-order valence-corrected chi connectivity index (χ1v) is 14.1. The average molecular weight is 524 g/mol. The summed E-state index contributed by atoms with van der Waals surface area (Å²) < 4.78 is 18.5. The Balaban J connectivity index is 1.46. The van der Waals surface area contributed by atoms with E-state index in [1.807, 2.05) is 0 Å². The van der Waals surface area contributed by atoms with Crippen LogP contribution < -0.4 is 19.5 Å². The van der Waals surface area contributed by atoms with Crippen LogP contribution in [0.3, 0.4) is 0 Å². The molecule has 2 aromatic carbocycles. The van der Waals surface area contributed by atoms with Crippen molar-refractivity contribution >= 4 is 16.9 Å². The number of amides is 1. The number of carbonyl (C=O) groups is 1. The van der Waals surface area contributed by atoms with Gasteiger partial charge in [-0.1, -0.05) is 64.0 Å². The monoisotopic (exact) mass is 523 g/mol. The summed E-state index contributed by atoms with van der Waals surface area (Å²) in [5.41, 5.74) is 2.81. The number of ether oxygens (including phenoxy) is 3. The van der Waals surface area contributed by atoms with Crippen molar-refractivity contribution in [3.05, 3.63) is 47.8 Å². The van der Waals surface area contributed by atoms with Crippen molar-refractivity contribution in [3.8, 4) is 17.2 Å². The Morgan fingerprint density at radius 1 is 0.842 bits per heavy atom. The highest BCUT2D eigenvalue weighted by Gasteiger charge is 2.17. The minimum atomic E-state index is -0.152. The van der Waals surface area contributed by atoms with Gasteiger partial charge < -0.3 is 24.1 Å². The molecule has 0 fully saturated rings. The SMILES string of the molecule is CCCCCCCCCn1c(CCCCCNC(=O)c2cc(OC)c(OC)c(OC)c2)nc2ccccc21. The summed E-state index contributed by atoms with van der Waals surface area (Å²) in [7, 11) is 4.63. The highest BCUT2D eigenvalue weighted by molar-refractivity contribution is 5.95. The van der Waals surface area contributed by atoms with Crippen LogP contribution in [-0.4, -0.2) is 43.3 Å². The van der Waals surface area contributed by atoms with E-state index in [4.69, 9.17) is 19.2 Å². The maximum atomic E-state index is 12.7. The van der Waals surface area contributed by atoms with Gasteiger partial charge in [0.25, 0.3) is 5.91 Å². The number of aromatic nitrogens is 2. The minimum absolute atomic E-state index is 0.152. The smallest absolute Gasteiger partial charge is 0.251 e. The number of para-hydroxylation sites is 2. The number of rotatable bonds is 18. The number of nitrogens with one attached hydrogen (secondary N) is 1. The first-order chi connectivity index (χ1) is 18.6. The summed E-state index contributed by atoms with van der Waals surface area (Å²) in [6, 6.07) is 11.8. The molecule has 0 unspecified atom stereocenters. The van der Waals surface area contributed by atoms with Crippen LogP contribution in [0.1, 0.15) is 87.3 Å². The topological polar surface area (TPSA) is 74.6 Å². The van der Waals surface area contributed by atoms with Crippen LogP contribution in [0.15, 0.2) is 36.4 Å². The summed E-state index contributed by atoms with van der Waals surface area (Å²) in [5, 5.41) is 3.01. The van der Waals surface area contributed by atoms with E-state index < -0.39 is 0 Å². The molecule has 0 radical (unpaired) electrons. The van der Waals surface area contributed by atoms with Crippen LogP contribution in [0.5, 0.6) is 17.2 Å². The van der Waals surface area contributed by atoms with E-state index in [1.165, 1.54) is 56.3 Å². The number of unbranched alkanes of at least 4 members (excludes halogenated alkanes) is 8. The van der Waals surface area contributed by atoms with E-state index in [0.717, 1.165) is 37.7 Å². The fraction of sp³-hybridized carbons (Fsp3) is 0.548. The number of benzene rings is 2. The Morgan fingerprint density at radius 3 is 2.18 bits per heavy atom. The van der Waals surface area contributed by atoms with Gasteiger partial charge in [-0.15, -0.1) is 0 Å². The molecule has 3 rings (SSSR count). The standard InChI is InChI=1S/C31H45N3O4/c1-5-6-7-8-9-10-16-21-34-26-18-14-13-17-25(26)33-29(34)19-12-11-15-20-32-31(35)24-22-27(36-2)30(38-4)28(23-24)37-3/h13-14,17-18,22-23H,5-12,15-16,19-21H2,1-4H3,(H,32,35). The fourth-order valence-electron chi connectivity index (χ4n) is 4.89. The molecule has 0 aliphatic rings. The summed E-state index contributed by atoms with van der Waals surface area (Å²) in [4.78, 5) is 17.6. The second kappa shape index (κ2) is 15.9. The number of fused-ring (bicyclic) bond motifs is 1. The van der Waals surface area contributed by atoms with E-state index in [0.29, 0.717) is 29.4 Å². The van der Waals surface area contributed by atoms with Crippen molar-refractivity contribution in [2.45, 2.75) is 84.1 Å². The molecule has 7 nitrogen and oxygen atoms in total. The van der Waals surface area contributed by atoms with Crippen molar-refractivity contribution in [2.75, 3.05) is 27.9 Å². The summed E-state index contributed by atoms with van der Waals surface area (Å²) >= 11 is 0. The van der Waals surface area contributed by atoms with Crippen molar-refractivity contribution in [2.24, 2.45) is 0 Å². The maximum absolute atomic E-state index is 12.7. The zero-order valence-corrected chi connectivity index (χ0v) is 23.7. The van der Waals surface area contributed by atoms with Gasteiger partial charge in [0.1, 0.15) is 5.82 Å². The molecule has 0 aliphatic heterocycles. The largest absolute Gasteiger partial charge is 0.493 e. The van der Waals surface area contributed by atoms with Crippen LogP contribution in [0, 0.1) is 0 Å². The molecule has 1 N–H and O–H groups in total. The van der Waals surface area contributed by atoms with Gasteiger partial charge in [0, 0.05) is 25.1 Å². The number of aryl methyl sites for hydroxylation is 2.